The molecular formula is C7H3ClNNaO2S. The van der Waals surface area contributed by atoms with Crippen LogP contribution < -0.4 is 29.6 Å². The molecule has 0 aromatic heterocycles. The molecule has 0 bridgehead atoms. The van der Waals surface area contributed by atoms with Crippen molar-refractivity contribution in [2.45, 2.75) is 4.90 Å². The van der Waals surface area contributed by atoms with Crippen molar-refractivity contribution in [3.8, 4) is 6.07 Å². The first-order valence-corrected chi connectivity index (χ1v) is 4.39. The van der Waals surface area contributed by atoms with Crippen molar-refractivity contribution in [3.63, 3.8) is 0 Å². The zero-order valence-electron chi connectivity index (χ0n) is 6.78. The maximum Gasteiger partial charge on any atom is 1.00 e. The predicted molar refractivity (Wildman–Crippen MR) is 43.4 cm³/mol. The Hall–Kier alpha value is 0.110. The fraction of sp³-hybridized carbons (Fsp3) is 0. The molecule has 6 heteroatoms. The average molecular weight is 224 g/mol. The fourth-order valence-electron chi connectivity index (χ4n) is 0.701. The minimum absolute atomic E-state index is 0. The maximum atomic E-state index is 10.5. The minimum Gasteiger partial charge on any atom is -0.768 e. The molecule has 0 aliphatic rings. The summed E-state index contributed by atoms with van der Waals surface area (Å²) in [7, 11) is 0. The van der Waals surface area contributed by atoms with Crippen molar-refractivity contribution in [2.75, 3.05) is 0 Å². The number of rotatable bonds is 1. The maximum absolute atomic E-state index is 10.5. The Bertz CT molecular complexity index is 377. The van der Waals surface area contributed by atoms with E-state index < -0.39 is 11.1 Å². The largest absolute Gasteiger partial charge is 1.00 e. The van der Waals surface area contributed by atoms with Gasteiger partial charge in [-0.2, -0.15) is 5.26 Å². The first-order valence-electron chi connectivity index (χ1n) is 2.94. The second-order valence-electron chi connectivity index (χ2n) is 1.99. The van der Waals surface area contributed by atoms with Crippen LogP contribution in [0.4, 0.5) is 0 Å². The number of nitrogens with zero attached hydrogens (tertiary/aromatic N) is 1. The number of hydrogen-bond acceptors (Lipinski definition) is 3. The molecule has 62 valence electrons. The van der Waals surface area contributed by atoms with E-state index in [0.717, 1.165) is 0 Å². The van der Waals surface area contributed by atoms with Crippen LogP contribution in [0.5, 0.6) is 0 Å². The molecule has 0 N–H and O–H groups in total. The van der Waals surface area contributed by atoms with Crippen molar-refractivity contribution >= 4 is 22.7 Å². The van der Waals surface area contributed by atoms with Gasteiger partial charge in [-0.3, -0.25) is 4.21 Å². The minimum atomic E-state index is -2.39. The van der Waals surface area contributed by atoms with E-state index in [0.29, 0.717) is 0 Å². The van der Waals surface area contributed by atoms with E-state index in [9.17, 15) is 8.76 Å². The Morgan fingerprint density at radius 2 is 2.15 bits per heavy atom. The molecule has 0 heterocycles. The van der Waals surface area contributed by atoms with Crippen molar-refractivity contribution in [2.24, 2.45) is 0 Å². The third-order valence-corrected chi connectivity index (χ3v) is 2.38. The van der Waals surface area contributed by atoms with E-state index in [1.807, 2.05) is 6.07 Å². The number of nitriles is 1. The van der Waals surface area contributed by atoms with Crippen molar-refractivity contribution < 1.29 is 38.3 Å². The van der Waals surface area contributed by atoms with Gasteiger partial charge in [-0.15, -0.1) is 0 Å². The molecule has 0 saturated heterocycles. The summed E-state index contributed by atoms with van der Waals surface area (Å²) in [4.78, 5) is -0.0456. The summed E-state index contributed by atoms with van der Waals surface area (Å²) in [6, 6.07) is 5.88. The molecule has 1 rings (SSSR count). The van der Waals surface area contributed by atoms with Gasteiger partial charge in [0, 0.05) is 4.90 Å². The first-order chi connectivity index (χ1) is 5.65. The molecular weight excluding hydrogens is 221 g/mol. The fourth-order valence-corrected chi connectivity index (χ4v) is 1.46. The van der Waals surface area contributed by atoms with Gasteiger partial charge < -0.3 is 4.55 Å². The van der Waals surface area contributed by atoms with Crippen LogP contribution in [0.1, 0.15) is 5.56 Å². The topological polar surface area (TPSA) is 63.9 Å². The number of hydrogen-bond donors (Lipinski definition) is 0. The van der Waals surface area contributed by atoms with Crippen LogP contribution in [0.15, 0.2) is 23.1 Å². The zero-order chi connectivity index (χ0) is 9.14. The third-order valence-electron chi connectivity index (χ3n) is 1.24. The summed E-state index contributed by atoms with van der Waals surface area (Å²) in [5.74, 6) is 0. The summed E-state index contributed by atoms with van der Waals surface area (Å²) < 4.78 is 21.0. The van der Waals surface area contributed by atoms with E-state index in [-0.39, 0.29) is 45.0 Å². The molecule has 3 nitrogen and oxygen atoms in total. The molecule has 0 aliphatic heterocycles. The van der Waals surface area contributed by atoms with E-state index in [4.69, 9.17) is 16.9 Å². The molecule has 1 aromatic rings. The summed E-state index contributed by atoms with van der Waals surface area (Å²) in [5.41, 5.74) is 0.276. The Morgan fingerprint density at radius 1 is 1.54 bits per heavy atom. The second-order valence-corrected chi connectivity index (χ2v) is 3.31. The van der Waals surface area contributed by atoms with E-state index in [1.54, 1.807) is 0 Å². The van der Waals surface area contributed by atoms with Gasteiger partial charge in [0.05, 0.1) is 16.7 Å². The Balaban J connectivity index is 0.00000144. The standard InChI is InChI=1S/C7H4ClNO2S.Na/c8-6-2-1-5(4-9)3-7(6)12(10)11;/h1-3H,(H,10,11);/q;+1/p-1. The van der Waals surface area contributed by atoms with E-state index in [2.05, 4.69) is 0 Å². The van der Waals surface area contributed by atoms with Crippen LogP contribution in [0.3, 0.4) is 0 Å². The second kappa shape index (κ2) is 5.76. The first kappa shape index (κ1) is 13.1. The van der Waals surface area contributed by atoms with Gasteiger partial charge in [-0.05, 0) is 29.3 Å². The van der Waals surface area contributed by atoms with Gasteiger partial charge in [0.1, 0.15) is 0 Å². The summed E-state index contributed by atoms with van der Waals surface area (Å²) >= 11 is 3.16. The van der Waals surface area contributed by atoms with E-state index in [1.165, 1.54) is 18.2 Å². The average Bonchev–Trinajstić information content (AvgIpc) is 2.05. The van der Waals surface area contributed by atoms with Gasteiger partial charge in [-0.25, -0.2) is 0 Å². The molecule has 0 fully saturated rings. The monoisotopic (exact) mass is 223 g/mol. The zero-order valence-corrected chi connectivity index (χ0v) is 10.4. The van der Waals surface area contributed by atoms with Crippen molar-refractivity contribution in [1.29, 1.82) is 5.26 Å². The predicted octanol–water partition coefficient (Wildman–Crippen LogP) is -1.55. The normalized spacial score (nSPS) is 11.2. The summed E-state index contributed by atoms with van der Waals surface area (Å²) in [6.45, 7) is 0. The van der Waals surface area contributed by atoms with Gasteiger partial charge in [0.25, 0.3) is 0 Å². The smallest absolute Gasteiger partial charge is 0.768 e. The van der Waals surface area contributed by atoms with Crippen molar-refractivity contribution in [1.82, 2.24) is 0 Å². The Kier molecular flexibility index (Phi) is 5.81. The van der Waals surface area contributed by atoms with Gasteiger partial charge in [-0.1, -0.05) is 11.6 Å². The molecule has 1 aromatic carbocycles. The molecule has 1 atom stereocenters. The number of benzene rings is 1. The van der Waals surface area contributed by atoms with Gasteiger partial charge >= 0.3 is 29.6 Å². The summed E-state index contributed by atoms with van der Waals surface area (Å²) in [6.07, 6.45) is 0. The Morgan fingerprint density at radius 3 is 2.62 bits per heavy atom. The van der Waals surface area contributed by atoms with Crippen LogP contribution in [0, 0.1) is 11.3 Å². The van der Waals surface area contributed by atoms with E-state index >= 15 is 0 Å². The van der Waals surface area contributed by atoms with Crippen LogP contribution in [-0.2, 0) is 11.1 Å². The molecule has 13 heavy (non-hydrogen) atoms. The third kappa shape index (κ3) is 3.39. The van der Waals surface area contributed by atoms with Crippen LogP contribution >= 0.6 is 11.6 Å². The summed E-state index contributed by atoms with van der Waals surface area (Å²) in [5, 5.41) is 8.57. The van der Waals surface area contributed by atoms with Crippen molar-refractivity contribution in [3.05, 3.63) is 28.8 Å². The molecule has 0 amide bonds. The van der Waals surface area contributed by atoms with Crippen LogP contribution in [0.2, 0.25) is 5.02 Å². The quantitative estimate of drug-likeness (QED) is 0.428. The molecule has 0 aliphatic carbocycles. The molecule has 0 spiro atoms. The molecule has 1 unspecified atom stereocenters. The Labute approximate surface area is 105 Å². The molecule has 0 saturated carbocycles. The number of halogens is 1. The van der Waals surface area contributed by atoms with Crippen LogP contribution in [-0.4, -0.2) is 8.76 Å². The van der Waals surface area contributed by atoms with Gasteiger partial charge in [0.2, 0.25) is 0 Å². The molecule has 0 radical (unpaired) electrons. The van der Waals surface area contributed by atoms with Gasteiger partial charge in [0.15, 0.2) is 0 Å². The van der Waals surface area contributed by atoms with Crippen LogP contribution in [0.25, 0.3) is 0 Å². The SMILES string of the molecule is N#Cc1ccc(Cl)c(S(=O)[O-])c1.[Na+].